The van der Waals surface area contributed by atoms with E-state index in [1.54, 1.807) is 0 Å². The summed E-state index contributed by atoms with van der Waals surface area (Å²) in [5.41, 5.74) is 8.28. The summed E-state index contributed by atoms with van der Waals surface area (Å²) in [5, 5.41) is 12.4. The van der Waals surface area contributed by atoms with E-state index in [0.717, 1.165) is 4.90 Å². The summed E-state index contributed by atoms with van der Waals surface area (Å²) in [6.07, 6.45) is 0.741. The van der Waals surface area contributed by atoms with Crippen LogP contribution in [-0.4, -0.2) is 47.3 Å². The van der Waals surface area contributed by atoms with Crippen molar-refractivity contribution in [2.75, 3.05) is 13.2 Å². The number of azide groups is 1. The average Bonchev–Trinajstić information content (AvgIpc) is 2.70. The van der Waals surface area contributed by atoms with Crippen LogP contribution in [0.5, 0.6) is 0 Å². The van der Waals surface area contributed by atoms with Gasteiger partial charge in [-0.05, 0) is 12.0 Å². The highest BCUT2D eigenvalue weighted by Crippen LogP contribution is 2.21. The minimum Gasteiger partial charge on any atom is -0.480 e. The molecule has 1 fully saturated rings. The normalized spacial score (nSPS) is 22.7. The maximum Gasteiger partial charge on any atom is 0.410 e. The van der Waals surface area contributed by atoms with Crippen molar-refractivity contribution in [3.05, 3.63) is 23.1 Å². The predicted molar refractivity (Wildman–Crippen MR) is 57.2 cm³/mol. The maximum atomic E-state index is 11.5. The number of carbonyl (C=O) groups excluding carboxylic acids is 1. The van der Waals surface area contributed by atoms with E-state index >= 15 is 0 Å². The van der Waals surface area contributed by atoms with E-state index in [9.17, 15) is 9.59 Å². The topological polar surface area (TPSA) is 116 Å². The molecule has 17 heavy (non-hydrogen) atoms. The van der Waals surface area contributed by atoms with Gasteiger partial charge in [0.05, 0.1) is 6.04 Å². The molecule has 0 aromatic heterocycles. The number of amides is 1. The quantitative estimate of drug-likeness (QED) is 0.343. The van der Waals surface area contributed by atoms with Gasteiger partial charge in [-0.25, -0.2) is 9.59 Å². The Morgan fingerprint density at radius 1 is 1.71 bits per heavy atom. The van der Waals surface area contributed by atoms with Gasteiger partial charge in [-0.2, -0.15) is 0 Å². The van der Waals surface area contributed by atoms with E-state index in [2.05, 4.69) is 16.6 Å². The number of carbonyl (C=O) groups is 2. The van der Waals surface area contributed by atoms with Crippen LogP contribution in [0.1, 0.15) is 6.42 Å². The summed E-state index contributed by atoms with van der Waals surface area (Å²) in [6, 6.07) is -1.54. The van der Waals surface area contributed by atoms with Gasteiger partial charge in [-0.1, -0.05) is 17.8 Å². The lowest BCUT2D eigenvalue weighted by atomic mass is 10.2. The van der Waals surface area contributed by atoms with E-state index in [-0.39, 0.29) is 19.6 Å². The highest BCUT2D eigenvalue weighted by atomic mass is 16.6. The molecule has 0 aromatic rings. The van der Waals surface area contributed by atoms with Gasteiger partial charge < -0.3 is 9.84 Å². The molecule has 1 N–H and O–H groups in total. The molecule has 0 aliphatic carbocycles. The molecule has 0 aromatic carbocycles. The van der Waals surface area contributed by atoms with Crippen LogP contribution in [0.15, 0.2) is 17.8 Å². The lowest BCUT2D eigenvalue weighted by Crippen LogP contribution is -2.40. The zero-order valence-corrected chi connectivity index (χ0v) is 9.02. The Kier molecular flexibility index (Phi) is 4.36. The fourth-order valence-electron chi connectivity index (χ4n) is 1.62. The van der Waals surface area contributed by atoms with Crippen molar-refractivity contribution in [3.8, 4) is 0 Å². The number of nitrogens with zero attached hydrogens (tertiary/aromatic N) is 4. The molecular formula is C9H12N4O4. The fourth-order valence-corrected chi connectivity index (χ4v) is 1.62. The summed E-state index contributed by atoms with van der Waals surface area (Å²) in [7, 11) is 0. The zero-order valence-electron chi connectivity index (χ0n) is 9.02. The molecule has 1 aliphatic rings. The first kappa shape index (κ1) is 12.9. The van der Waals surface area contributed by atoms with Gasteiger partial charge in [0.2, 0.25) is 0 Å². The Bertz CT molecular complexity index is 377. The molecule has 8 heteroatoms. The second-order valence-corrected chi connectivity index (χ2v) is 3.47. The molecule has 1 rings (SSSR count). The van der Waals surface area contributed by atoms with Gasteiger partial charge in [0.25, 0.3) is 0 Å². The molecule has 0 unspecified atom stereocenters. The van der Waals surface area contributed by atoms with Crippen molar-refractivity contribution >= 4 is 12.1 Å². The van der Waals surface area contributed by atoms with E-state index in [1.165, 1.54) is 6.08 Å². The maximum absolute atomic E-state index is 11.5. The summed E-state index contributed by atoms with van der Waals surface area (Å²) in [4.78, 5) is 26.1. The van der Waals surface area contributed by atoms with E-state index in [1.807, 2.05) is 0 Å². The molecule has 0 saturated carbocycles. The molecule has 92 valence electrons. The predicted octanol–water partition coefficient (Wildman–Crippen LogP) is 1.15. The first-order chi connectivity index (χ1) is 8.10. The number of carboxylic acid groups (broad SMARTS) is 1. The summed E-state index contributed by atoms with van der Waals surface area (Å²) < 4.78 is 4.75. The number of rotatable bonds is 4. The van der Waals surface area contributed by atoms with Crippen LogP contribution in [0.4, 0.5) is 4.79 Å². The first-order valence-corrected chi connectivity index (χ1v) is 4.91. The molecule has 0 bridgehead atoms. The third kappa shape index (κ3) is 3.12. The number of ether oxygens (including phenoxy) is 1. The summed E-state index contributed by atoms with van der Waals surface area (Å²) in [5.74, 6) is -1.14. The Balaban J connectivity index is 2.73. The number of hydrogen-bond acceptors (Lipinski definition) is 4. The monoisotopic (exact) mass is 240 g/mol. The smallest absolute Gasteiger partial charge is 0.410 e. The summed E-state index contributed by atoms with van der Waals surface area (Å²) >= 11 is 0. The molecule has 1 saturated heterocycles. The van der Waals surface area contributed by atoms with Crippen molar-refractivity contribution in [1.82, 2.24) is 4.90 Å². The molecular weight excluding hydrogens is 228 g/mol. The molecule has 2 atom stereocenters. The molecule has 8 nitrogen and oxygen atoms in total. The van der Waals surface area contributed by atoms with E-state index in [4.69, 9.17) is 15.4 Å². The molecule has 1 aliphatic heterocycles. The van der Waals surface area contributed by atoms with E-state index in [0.29, 0.717) is 0 Å². The van der Waals surface area contributed by atoms with Gasteiger partial charge in [-0.15, -0.1) is 0 Å². The van der Waals surface area contributed by atoms with Crippen LogP contribution in [0, 0.1) is 0 Å². The SMILES string of the molecule is C=CCOC(=O)N1C[C@H](N=[N+]=[N-])C[C@H]1C(=O)O. The van der Waals surface area contributed by atoms with Gasteiger partial charge in [0, 0.05) is 11.5 Å². The lowest BCUT2D eigenvalue weighted by molar-refractivity contribution is -0.141. The van der Waals surface area contributed by atoms with Crippen molar-refractivity contribution in [2.45, 2.75) is 18.5 Å². The number of aliphatic carboxylic acids is 1. The molecule has 1 heterocycles. The Labute approximate surface area is 97.1 Å². The molecule has 0 radical (unpaired) electrons. The van der Waals surface area contributed by atoms with Gasteiger partial charge in [0.15, 0.2) is 0 Å². The number of carboxylic acids is 1. The highest BCUT2D eigenvalue weighted by Gasteiger charge is 2.40. The average molecular weight is 240 g/mol. The standard InChI is InChI=1S/C9H12N4O4/c1-2-3-17-9(16)13-5-6(11-12-10)4-7(13)8(14)15/h2,6-7H,1,3-5H2,(H,14,15)/t6-,7+/m1/s1. The van der Waals surface area contributed by atoms with Gasteiger partial charge >= 0.3 is 12.1 Å². The minimum atomic E-state index is -1.14. The lowest BCUT2D eigenvalue weighted by Gasteiger charge is -2.20. The second kappa shape index (κ2) is 5.76. The van der Waals surface area contributed by atoms with Crippen LogP contribution in [0.2, 0.25) is 0 Å². The molecule has 1 amide bonds. The zero-order chi connectivity index (χ0) is 12.8. The largest absolute Gasteiger partial charge is 0.480 e. The van der Waals surface area contributed by atoms with Crippen LogP contribution in [-0.2, 0) is 9.53 Å². The van der Waals surface area contributed by atoms with Crippen LogP contribution in [0.25, 0.3) is 10.4 Å². The van der Waals surface area contributed by atoms with Crippen molar-refractivity contribution in [2.24, 2.45) is 5.11 Å². The minimum absolute atomic E-state index is 0.00779. The third-order valence-corrected chi connectivity index (χ3v) is 2.34. The van der Waals surface area contributed by atoms with Gasteiger partial charge in [-0.3, -0.25) is 4.90 Å². The Hall–Kier alpha value is -2.21. The second-order valence-electron chi connectivity index (χ2n) is 3.47. The van der Waals surface area contributed by atoms with Crippen molar-refractivity contribution < 1.29 is 19.4 Å². The Morgan fingerprint density at radius 2 is 2.41 bits per heavy atom. The van der Waals surface area contributed by atoms with Crippen LogP contribution >= 0.6 is 0 Å². The van der Waals surface area contributed by atoms with Crippen LogP contribution in [0.3, 0.4) is 0 Å². The Morgan fingerprint density at radius 3 is 2.94 bits per heavy atom. The molecule has 0 spiro atoms. The first-order valence-electron chi connectivity index (χ1n) is 4.91. The number of hydrogen-bond donors (Lipinski definition) is 1. The third-order valence-electron chi connectivity index (χ3n) is 2.34. The van der Waals surface area contributed by atoms with Crippen LogP contribution < -0.4 is 0 Å². The highest BCUT2D eigenvalue weighted by molar-refractivity contribution is 5.81. The fraction of sp³-hybridized carbons (Fsp3) is 0.556. The van der Waals surface area contributed by atoms with Crippen molar-refractivity contribution in [3.63, 3.8) is 0 Å². The number of likely N-dealkylation sites (tertiary alicyclic amines) is 1. The summed E-state index contributed by atoms with van der Waals surface area (Å²) in [6.45, 7) is 3.44. The van der Waals surface area contributed by atoms with Crippen molar-refractivity contribution in [1.29, 1.82) is 0 Å². The van der Waals surface area contributed by atoms with Gasteiger partial charge in [0.1, 0.15) is 12.6 Å². The van der Waals surface area contributed by atoms with E-state index < -0.39 is 24.1 Å².